The molecule has 0 spiro atoms. The monoisotopic (exact) mass is 488 g/mol. The zero-order valence-corrected chi connectivity index (χ0v) is 20.8. The van der Waals surface area contributed by atoms with Crippen LogP contribution in [0.2, 0.25) is 0 Å². The molecule has 1 aliphatic carbocycles. The number of aliphatic hydroxyl groups is 3. The number of hydrogen-bond donors (Lipinski definition) is 5. The predicted molar refractivity (Wildman–Crippen MR) is 132 cm³/mol. The number of thiazole rings is 1. The number of aromatic nitrogens is 4. The maximum Gasteiger partial charge on any atom is 0.225 e. The average Bonchev–Trinajstić information content (AvgIpc) is 3.29. The molecule has 10 nitrogen and oxygen atoms in total. The van der Waals surface area contributed by atoms with Gasteiger partial charge < -0.3 is 30.7 Å². The highest BCUT2D eigenvalue weighted by Gasteiger charge is 2.50. The van der Waals surface area contributed by atoms with Gasteiger partial charge in [0, 0.05) is 31.9 Å². The minimum atomic E-state index is -1.45. The van der Waals surface area contributed by atoms with E-state index in [1.54, 1.807) is 20.2 Å². The first-order valence-electron chi connectivity index (χ1n) is 11.3. The van der Waals surface area contributed by atoms with Crippen LogP contribution in [0.15, 0.2) is 12.3 Å². The van der Waals surface area contributed by atoms with Crippen molar-refractivity contribution >= 4 is 33.3 Å². The Balaban J connectivity index is 1.79. The molecule has 1 fully saturated rings. The van der Waals surface area contributed by atoms with Crippen LogP contribution in [0.25, 0.3) is 20.8 Å². The van der Waals surface area contributed by atoms with Crippen molar-refractivity contribution in [2.45, 2.75) is 57.9 Å². The molecule has 4 rings (SSSR count). The van der Waals surface area contributed by atoms with Gasteiger partial charge in [0.2, 0.25) is 5.95 Å². The second-order valence-corrected chi connectivity index (χ2v) is 10.2. The van der Waals surface area contributed by atoms with Gasteiger partial charge in [-0.05, 0) is 40.2 Å². The molecule has 34 heavy (non-hydrogen) atoms. The molecule has 184 valence electrons. The maximum atomic E-state index is 11.0. The van der Waals surface area contributed by atoms with Crippen LogP contribution in [0.1, 0.15) is 31.7 Å². The number of anilines is 2. The molecule has 1 aliphatic rings. The zero-order chi connectivity index (χ0) is 24.6. The van der Waals surface area contributed by atoms with Crippen molar-refractivity contribution in [3.05, 3.63) is 23.7 Å². The van der Waals surface area contributed by atoms with Crippen molar-refractivity contribution < 1.29 is 20.1 Å². The number of ether oxygens (including phenoxy) is 1. The lowest BCUT2D eigenvalue weighted by atomic mass is 9.96. The van der Waals surface area contributed by atoms with E-state index in [-0.39, 0.29) is 12.6 Å². The zero-order valence-electron chi connectivity index (χ0n) is 20.0. The Labute approximate surface area is 202 Å². The highest BCUT2D eigenvalue weighted by atomic mass is 32.1. The summed E-state index contributed by atoms with van der Waals surface area (Å²) >= 11 is 1.52. The average molecular weight is 489 g/mol. The molecular formula is C23H32N6O4S. The summed E-state index contributed by atoms with van der Waals surface area (Å²) in [6, 6.07) is 1.38. The smallest absolute Gasteiger partial charge is 0.225 e. The SMILES string of the molecule is COCC(C)Nc1nc(C)c(-c2nc3c(C)nccc3s2)c(NC2CC(CO)C(O)C2(C)O)n1. The molecule has 0 radical (unpaired) electrons. The van der Waals surface area contributed by atoms with Crippen LogP contribution in [-0.2, 0) is 4.74 Å². The minimum absolute atomic E-state index is 0.0190. The largest absolute Gasteiger partial charge is 0.396 e. The van der Waals surface area contributed by atoms with Gasteiger partial charge in [-0.25, -0.2) is 9.97 Å². The fourth-order valence-corrected chi connectivity index (χ4v) is 5.61. The number of fused-ring (bicyclic) bond motifs is 1. The summed E-state index contributed by atoms with van der Waals surface area (Å²) in [5.41, 5.74) is 1.66. The molecule has 5 atom stereocenters. The van der Waals surface area contributed by atoms with Gasteiger partial charge in [-0.15, -0.1) is 11.3 Å². The lowest BCUT2D eigenvalue weighted by Crippen LogP contribution is -2.48. The predicted octanol–water partition coefficient (Wildman–Crippen LogP) is 2.12. The van der Waals surface area contributed by atoms with Crippen LogP contribution < -0.4 is 10.6 Å². The third kappa shape index (κ3) is 4.58. The third-order valence-electron chi connectivity index (χ3n) is 6.42. The molecule has 11 heteroatoms. The number of methoxy groups -OCH3 is 1. The van der Waals surface area contributed by atoms with Crippen molar-refractivity contribution in [3.8, 4) is 10.6 Å². The number of nitrogens with zero attached hydrogens (tertiary/aromatic N) is 4. The number of hydrogen-bond acceptors (Lipinski definition) is 11. The van der Waals surface area contributed by atoms with Crippen molar-refractivity contribution in [2.75, 3.05) is 31.0 Å². The summed E-state index contributed by atoms with van der Waals surface area (Å²) in [5, 5.41) is 38.6. The van der Waals surface area contributed by atoms with Crippen LogP contribution in [0.4, 0.5) is 11.8 Å². The summed E-state index contributed by atoms with van der Waals surface area (Å²) in [4.78, 5) is 18.6. The van der Waals surface area contributed by atoms with Crippen LogP contribution in [0.5, 0.6) is 0 Å². The normalized spacial score (nSPS) is 25.6. The standard InChI is InChI=1S/C23H32N6O4S/c1-11(10-33-5)25-22-26-12(2)17(21-28-18-13(3)24-7-6-15(18)34-21)20(29-22)27-16-8-14(9-30)19(31)23(16,4)32/h6-7,11,14,16,19,30-32H,8-10H2,1-5H3,(H2,25,26,27,29). The summed E-state index contributed by atoms with van der Waals surface area (Å²) < 4.78 is 6.22. The van der Waals surface area contributed by atoms with Gasteiger partial charge in [0.15, 0.2) is 0 Å². The molecule has 3 aromatic rings. The van der Waals surface area contributed by atoms with Gasteiger partial charge in [-0.1, -0.05) is 0 Å². The topological polar surface area (TPSA) is 146 Å². The van der Waals surface area contributed by atoms with Gasteiger partial charge in [-0.3, -0.25) is 4.98 Å². The van der Waals surface area contributed by atoms with E-state index < -0.39 is 23.7 Å². The summed E-state index contributed by atoms with van der Waals surface area (Å²) in [7, 11) is 1.63. The molecule has 0 aliphatic heterocycles. The quantitative estimate of drug-likeness (QED) is 0.319. The highest BCUT2D eigenvalue weighted by Crippen LogP contribution is 2.40. The second kappa shape index (κ2) is 9.67. The first-order chi connectivity index (χ1) is 16.1. The van der Waals surface area contributed by atoms with E-state index in [0.29, 0.717) is 30.5 Å². The lowest BCUT2D eigenvalue weighted by molar-refractivity contribution is -0.0647. The molecule has 3 heterocycles. The fourth-order valence-electron chi connectivity index (χ4n) is 4.50. The van der Waals surface area contributed by atoms with E-state index in [1.807, 2.05) is 26.8 Å². The second-order valence-electron chi connectivity index (χ2n) is 9.17. The van der Waals surface area contributed by atoms with Crippen molar-refractivity contribution in [1.29, 1.82) is 0 Å². The van der Waals surface area contributed by atoms with Gasteiger partial charge in [0.1, 0.15) is 21.9 Å². The summed E-state index contributed by atoms with van der Waals surface area (Å²) in [6.45, 7) is 7.63. The van der Waals surface area contributed by atoms with E-state index >= 15 is 0 Å². The molecule has 0 aromatic carbocycles. The van der Waals surface area contributed by atoms with Crippen molar-refractivity contribution in [3.63, 3.8) is 0 Å². The van der Waals surface area contributed by atoms with E-state index in [4.69, 9.17) is 14.7 Å². The Hall–Kier alpha value is -2.44. The molecule has 1 saturated carbocycles. The molecule has 0 saturated heterocycles. The number of aryl methyl sites for hydroxylation is 2. The summed E-state index contributed by atoms with van der Waals surface area (Å²) in [5.74, 6) is 0.485. The van der Waals surface area contributed by atoms with E-state index in [9.17, 15) is 15.3 Å². The molecule has 0 bridgehead atoms. The summed E-state index contributed by atoms with van der Waals surface area (Å²) in [6.07, 6.45) is 1.09. The number of pyridine rings is 1. The number of aliphatic hydroxyl groups excluding tert-OH is 2. The Bertz CT molecular complexity index is 1170. The Kier molecular flexibility index (Phi) is 7.02. The van der Waals surface area contributed by atoms with Crippen molar-refractivity contribution in [1.82, 2.24) is 19.9 Å². The van der Waals surface area contributed by atoms with Gasteiger partial charge in [0.25, 0.3) is 0 Å². The molecule has 5 N–H and O–H groups in total. The Morgan fingerprint density at radius 3 is 2.68 bits per heavy atom. The molecule has 5 unspecified atom stereocenters. The third-order valence-corrected chi connectivity index (χ3v) is 7.46. The first kappa shape index (κ1) is 24.7. The van der Waals surface area contributed by atoms with Crippen LogP contribution in [0.3, 0.4) is 0 Å². The van der Waals surface area contributed by atoms with Gasteiger partial charge in [0.05, 0.1) is 40.4 Å². The Morgan fingerprint density at radius 1 is 1.26 bits per heavy atom. The van der Waals surface area contributed by atoms with E-state index in [0.717, 1.165) is 26.5 Å². The van der Waals surface area contributed by atoms with E-state index in [2.05, 4.69) is 20.6 Å². The number of nitrogens with one attached hydrogen (secondary N) is 2. The fraction of sp³-hybridized carbons (Fsp3) is 0.565. The lowest BCUT2D eigenvalue weighted by Gasteiger charge is -2.30. The first-order valence-corrected chi connectivity index (χ1v) is 12.1. The van der Waals surface area contributed by atoms with Crippen LogP contribution in [-0.4, -0.2) is 79.4 Å². The van der Waals surface area contributed by atoms with Gasteiger partial charge >= 0.3 is 0 Å². The molecule has 3 aromatic heterocycles. The maximum absolute atomic E-state index is 11.0. The minimum Gasteiger partial charge on any atom is -0.396 e. The van der Waals surface area contributed by atoms with Crippen LogP contribution >= 0.6 is 11.3 Å². The number of rotatable bonds is 8. The van der Waals surface area contributed by atoms with Crippen LogP contribution in [0, 0.1) is 19.8 Å². The highest BCUT2D eigenvalue weighted by molar-refractivity contribution is 7.21. The van der Waals surface area contributed by atoms with E-state index in [1.165, 1.54) is 11.3 Å². The molecule has 0 amide bonds. The van der Waals surface area contributed by atoms with Gasteiger partial charge in [-0.2, -0.15) is 4.98 Å². The van der Waals surface area contributed by atoms with Crippen molar-refractivity contribution in [2.24, 2.45) is 5.92 Å². The molecular weight excluding hydrogens is 456 g/mol. The Morgan fingerprint density at radius 2 is 2.03 bits per heavy atom.